The molecule has 0 aliphatic carbocycles. The lowest BCUT2D eigenvalue weighted by Gasteiger charge is -2.17. The average molecular weight is 221 g/mol. The number of hydrogen-bond donors (Lipinski definition) is 1. The third-order valence-corrected chi connectivity index (χ3v) is 2.39. The van der Waals surface area contributed by atoms with Crippen molar-refractivity contribution in [2.75, 3.05) is 25.9 Å². The molecule has 0 aliphatic rings. The molecule has 0 bridgehead atoms. The van der Waals surface area contributed by atoms with E-state index in [1.54, 1.807) is 6.07 Å². The molecular formula is C11H19N5. The van der Waals surface area contributed by atoms with Gasteiger partial charge in [-0.2, -0.15) is 10.4 Å². The van der Waals surface area contributed by atoms with Crippen LogP contribution in [0.2, 0.25) is 0 Å². The van der Waals surface area contributed by atoms with Crippen LogP contribution in [0.25, 0.3) is 0 Å². The van der Waals surface area contributed by atoms with Crippen molar-refractivity contribution in [3.05, 3.63) is 12.3 Å². The van der Waals surface area contributed by atoms with Gasteiger partial charge in [0.15, 0.2) is 0 Å². The van der Waals surface area contributed by atoms with Crippen molar-refractivity contribution in [3.63, 3.8) is 0 Å². The fourth-order valence-electron chi connectivity index (χ4n) is 1.60. The molecule has 0 spiro atoms. The van der Waals surface area contributed by atoms with Gasteiger partial charge in [0.05, 0.1) is 12.0 Å². The summed E-state index contributed by atoms with van der Waals surface area (Å²) in [6.45, 7) is 4.58. The molecule has 5 nitrogen and oxygen atoms in total. The highest BCUT2D eigenvalue weighted by molar-refractivity contribution is 5.23. The van der Waals surface area contributed by atoms with Crippen molar-refractivity contribution >= 4 is 5.82 Å². The smallest absolute Gasteiger partial charge is 0.145 e. The molecule has 0 aliphatic heterocycles. The van der Waals surface area contributed by atoms with Gasteiger partial charge in [-0.25, -0.2) is 0 Å². The van der Waals surface area contributed by atoms with Crippen LogP contribution in [0, 0.1) is 17.2 Å². The van der Waals surface area contributed by atoms with Crippen LogP contribution in [0.15, 0.2) is 12.3 Å². The molecule has 0 amide bonds. The zero-order chi connectivity index (χ0) is 12.0. The molecule has 5 heteroatoms. The number of nitrogens with two attached hydrogens (primary N) is 1. The minimum atomic E-state index is 0.0883. The van der Waals surface area contributed by atoms with E-state index >= 15 is 0 Å². The molecule has 1 atom stereocenters. The minimum Gasteiger partial charge on any atom is -0.382 e. The molecule has 0 fully saturated rings. The highest BCUT2D eigenvalue weighted by Crippen LogP contribution is 2.00. The average Bonchev–Trinajstić information content (AvgIpc) is 2.64. The molecule has 0 radical (unpaired) electrons. The van der Waals surface area contributed by atoms with E-state index in [2.05, 4.69) is 16.1 Å². The molecule has 1 aromatic rings. The highest BCUT2D eigenvalue weighted by atomic mass is 15.3. The standard InChI is InChI=1S/C11H19N5/c1-10(8-12)9-15(2)5-3-6-16-7-4-11(13)14-16/h4,7,10H,3,5-6,9H2,1-2H3,(H2,13,14). The Kier molecular flexibility index (Phi) is 4.80. The predicted molar refractivity (Wildman–Crippen MR) is 63.5 cm³/mol. The van der Waals surface area contributed by atoms with Gasteiger partial charge in [-0.15, -0.1) is 0 Å². The van der Waals surface area contributed by atoms with Crippen molar-refractivity contribution < 1.29 is 0 Å². The van der Waals surface area contributed by atoms with Crippen LogP contribution in [0.4, 0.5) is 5.82 Å². The lowest BCUT2D eigenvalue weighted by Crippen LogP contribution is -2.25. The van der Waals surface area contributed by atoms with Crippen LogP contribution >= 0.6 is 0 Å². The molecule has 16 heavy (non-hydrogen) atoms. The first-order valence-electron chi connectivity index (χ1n) is 5.49. The third kappa shape index (κ3) is 4.32. The van der Waals surface area contributed by atoms with Crippen LogP contribution < -0.4 is 5.73 Å². The van der Waals surface area contributed by atoms with Crippen molar-refractivity contribution in [1.29, 1.82) is 5.26 Å². The van der Waals surface area contributed by atoms with E-state index in [4.69, 9.17) is 11.0 Å². The Hall–Kier alpha value is -1.54. The predicted octanol–water partition coefficient (Wildman–Crippen LogP) is 0.947. The summed E-state index contributed by atoms with van der Waals surface area (Å²) >= 11 is 0. The first-order valence-corrected chi connectivity index (χ1v) is 5.49. The molecule has 1 heterocycles. The SMILES string of the molecule is CC(C#N)CN(C)CCCn1ccc(N)n1. The Balaban J connectivity index is 2.18. The largest absolute Gasteiger partial charge is 0.382 e. The van der Waals surface area contributed by atoms with Crippen LogP contribution in [0.3, 0.4) is 0 Å². The Morgan fingerprint density at radius 2 is 2.44 bits per heavy atom. The van der Waals surface area contributed by atoms with Gasteiger partial charge in [-0.1, -0.05) is 0 Å². The maximum absolute atomic E-state index is 8.69. The molecule has 1 aromatic heterocycles. The molecule has 1 rings (SSSR count). The van der Waals surface area contributed by atoms with Crippen LogP contribution in [0.5, 0.6) is 0 Å². The van der Waals surface area contributed by atoms with Gasteiger partial charge in [-0.3, -0.25) is 4.68 Å². The number of rotatable bonds is 6. The Labute approximate surface area is 96.5 Å². The Bertz CT molecular complexity index is 352. The Morgan fingerprint density at radius 1 is 1.69 bits per heavy atom. The second kappa shape index (κ2) is 6.13. The number of nitrogen functional groups attached to an aromatic ring is 1. The zero-order valence-corrected chi connectivity index (χ0v) is 9.93. The highest BCUT2D eigenvalue weighted by Gasteiger charge is 2.04. The van der Waals surface area contributed by atoms with Crippen molar-refractivity contribution in [3.8, 4) is 6.07 Å². The maximum Gasteiger partial charge on any atom is 0.145 e. The summed E-state index contributed by atoms with van der Waals surface area (Å²) in [5.41, 5.74) is 5.52. The normalized spacial score (nSPS) is 12.6. The molecule has 0 saturated heterocycles. The zero-order valence-electron chi connectivity index (χ0n) is 9.93. The fourth-order valence-corrected chi connectivity index (χ4v) is 1.60. The number of aryl methyl sites for hydroxylation is 1. The van der Waals surface area contributed by atoms with E-state index in [1.165, 1.54) is 0 Å². The summed E-state index contributed by atoms with van der Waals surface area (Å²) < 4.78 is 1.84. The summed E-state index contributed by atoms with van der Waals surface area (Å²) in [6, 6.07) is 4.02. The molecule has 0 aromatic carbocycles. The van der Waals surface area contributed by atoms with Crippen molar-refractivity contribution in [2.45, 2.75) is 19.9 Å². The third-order valence-electron chi connectivity index (χ3n) is 2.39. The summed E-state index contributed by atoms with van der Waals surface area (Å²) in [5, 5.41) is 12.8. The molecule has 1 unspecified atom stereocenters. The fraction of sp³-hybridized carbons (Fsp3) is 0.636. The summed E-state index contributed by atoms with van der Waals surface area (Å²) in [4.78, 5) is 2.17. The summed E-state index contributed by atoms with van der Waals surface area (Å²) in [6.07, 6.45) is 2.89. The Morgan fingerprint density at radius 3 is 3.00 bits per heavy atom. The van der Waals surface area contributed by atoms with Crippen LogP contribution in [-0.2, 0) is 6.54 Å². The molecular weight excluding hydrogens is 202 g/mol. The van der Waals surface area contributed by atoms with Crippen molar-refractivity contribution in [2.24, 2.45) is 5.92 Å². The molecule has 2 N–H and O–H groups in total. The second-order valence-corrected chi connectivity index (χ2v) is 4.15. The van der Waals surface area contributed by atoms with E-state index in [0.29, 0.717) is 5.82 Å². The number of nitriles is 1. The monoisotopic (exact) mass is 221 g/mol. The number of aromatic nitrogens is 2. The van der Waals surface area contributed by atoms with Gasteiger partial charge in [0.1, 0.15) is 5.82 Å². The summed E-state index contributed by atoms with van der Waals surface area (Å²) in [5.74, 6) is 0.650. The number of nitrogens with zero attached hydrogens (tertiary/aromatic N) is 4. The second-order valence-electron chi connectivity index (χ2n) is 4.15. The summed E-state index contributed by atoms with van der Waals surface area (Å²) in [7, 11) is 2.03. The van der Waals surface area contributed by atoms with Gasteiger partial charge in [0.2, 0.25) is 0 Å². The van der Waals surface area contributed by atoms with Gasteiger partial charge in [0.25, 0.3) is 0 Å². The number of anilines is 1. The minimum absolute atomic E-state index is 0.0883. The van der Waals surface area contributed by atoms with Gasteiger partial charge >= 0.3 is 0 Å². The van der Waals surface area contributed by atoms with E-state index in [-0.39, 0.29) is 5.92 Å². The van der Waals surface area contributed by atoms with E-state index in [0.717, 1.165) is 26.1 Å². The van der Waals surface area contributed by atoms with Crippen LogP contribution in [0.1, 0.15) is 13.3 Å². The van der Waals surface area contributed by atoms with Gasteiger partial charge in [0, 0.05) is 19.3 Å². The van der Waals surface area contributed by atoms with E-state index in [9.17, 15) is 0 Å². The quantitative estimate of drug-likeness (QED) is 0.776. The molecule has 0 saturated carbocycles. The van der Waals surface area contributed by atoms with Crippen LogP contribution in [-0.4, -0.2) is 34.8 Å². The van der Waals surface area contributed by atoms with Gasteiger partial charge in [-0.05, 0) is 33.0 Å². The van der Waals surface area contributed by atoms with Gasteiger partial charge < -0.3 is 10.6 Å². The lowest BCUT2D eigenvalue weighted by atomic mass is 10.2. The first kappa shape index (κ1) is 12.5. The first-order chi connectivity index (χ1) is 7.61. The topological polar surface area (TPSA) is 70.9 Å². The number of hydrogen-bond acceptors (Lipinski definition) is 4. The van der Waals surface area contributed by atoms with E-state index < -0.39 is 0 Å². The lowest BCUT2D eigenvalue weighted by molar-refractivity contribution is 0.298. The molecule has 88 valence electrons. The van der Waals surface area contributed by atoms with E-state index in [1.807, 2.05) is 24.9 Å². The maximum atomic E-state index is 8.69. The van der Waals surface area contributed by atoms with Crippen molar-refractivity contribution in [1.82, 2.24) is 14.7 Å².